The van der Waals surface area contributed by atoms with Crippen LogP contribution in [0.15, 0.2) is 17.5 Å². The highest BCUT2D eigenvalue weighted by molar-refractivity contribution is 7.90. The van der Waals surface area contributed by atoms with Gasteiger partial charge in [0.15, 0.2) is 0 Å². The summed E-state index contributed by atoms with van der Waals surface area (Å²) in [6, 6.07) is 3.41. The number of amides is 1. The molecule has 0 bridgehead atoms. The van der Waals surface area contributed by atoms with E-state index in [4.69, 9.17) is 0 Å². The molecule has 0 unspecified atom stereocenters. The third-order valence-corrected chi connectivity index (χ3v) is 3.89. The molecule has 7 heteroatoms. The average molecular weight is 295 g/mol. The molecule has 0 aromatic carbocycles. The molecule has 98 valence electrons. The zero-order chi connectivity index (χ0) is 12.2. The Labute approximate surface area is 113 Å². The van der Waals surface area contributed by atoms with E-state index >= 15 is 0 Å². The molecule has 1 amide bonds. The van der Waals surface area contributed by atoms with Crippen LogP contribution < -0.4 is 5.32 Å². The van der Waals surface area contributed by atoms with Gasteiger partial charge in [-0.25, -0.2) is 8.42 Å². The lowest BCUT2D eigenvalue weighted by Gasteiger charge is -2.12. The summed E-state index contributed by atoms with van der Waals surface area (Å²) in [6.07, 6.45) is 1.64. The smallest absolute Gasteiger partial charge is 0.261 e. The number of carbonyl (C=O) groups is 1. The van der Waals surface area contributed by atoms with Crippen molar-refractivity contribution >= 4 is 40.6 Å². The Hall–Kier alpha value is -0.530. The van der Waals surface area contributed by atoms with Gasteiger partial charge in [0.2, 0.25) is 0 Å². The van der Waals surface area contributed by atoms with Gasteiger partial charge in [0.25, 0.3) is 5.91 Å². The molecule has 0 fully saturated rings. The monoisotopic (exact) mass is 295 g/mol. The fourth-order valence-corrected chi connectivity index (χ4v) is 2.57. The molecule has 4 nitrogen and oxygen atoms in total. The molecule has 0 radical (unpaired) electrons. The van der Waals surface area contributed by atoms with E-state index in [9.17, 15) is 13.2 Å². The van der Waals surface area contributed by atoms with Gasteiger partial charge in [0, 0.05) is 12.3 Å². The van der Waals surface area contributed by atoms with Crippen molar-refractivity contribution in [3.63, 3.8) is 0 Å². The van der Waals surface area contributed by atoms with Crippen molar-refractivity contribution in [2.24, 2.45) is 0 Å². The van der Waals surface area contributed by atoms with Crippen LogP contribution in [0.4, 0.5) is 0 Å². The molecular formula is C10H17NO3S3. The molecule has 1 atom stereocenters. The number of hydrogen-bond donors (Lipinski definition) is 1. The quantitative estimate of drug-likeness (QED) is 0.893. The second-order valence-corrected chi connectivity index (χ2v) is 6.98. The van der Waals surface area contributed by atoms with Gasteiger partial charge < -0.3 is 5.32 Å². The molecule has 1 aromatic rings. The zero-order valence-electron chi connectivity index (χ0n) is 9.76. The van der Waals surface area contributed by atoms with Crippen molar-refractivity contribution in [1.82, 2.24) is 5.32 Å². The van der Waals surface area contributed by atoms with Crippen LogP contribution in [0.3, 0.4) is 0 Å². The topological polar surface area (TPSA) is 63.2 Å². The molecule has 0 saturated carbocycles. The van der Waals surface area contributed by atoms with Crippen LogP contribution in [-0.4, -0.2) is 32.4 Å². The Morgan fingerprint density at radius 3 is 2.65 bits per heavy atom. The first-order valence-electron chi connectivity index (χ1n) is 4.90. The summed E-state index contributed by atoms with van der Waals surface area (Å²) >= 11 is 1.37. The van der Waals surface area contributed by atoms with E-state index in [1.807, 2.05) is 5.38 Å². The zero-order valence-corrected chi connectivity index (χ0v) is 12.4. The summed E-state index contributed by atoms with van der Waals surface area (Å²) < 4.78 is 21.9. The molecule has 1 heterocycles. The first kappa shape index (κ1) is 16.5. The van der Waals surface area contributed by atoms with Crippen LogP contribution in [0, 0.1) is 0 Å². The van der Waals surface area contributed by atoms with Crippen molar-refractivity contribution in [1.29, 1.82) is 0 Å². The fourth-order valence-electron chi connectivity index (χ4n) is 1.17. The van der Waals surface area contributed by atoms with Crippen molar-refractivity contribution in [2.45, 2.75) is 19.4 Å². The van der Waals surface area contributed by atoms with Crippen LogP contribution in [0.1, 0.15) is 23.0 Å². The summed E-state index contributed by atoms with van der Waals surface area (Å²) in [4.78, 5) is 12.2. The van der Waals surface area contributed by atoms with Crippen LogP contribution in [0.5, 0.6) is 0 Å². The summed E-state index contributed by atoms with van der Waals surface area (Å²) in [5.74, 6) is -0.0465. The van der Waals surface area contributed by atoms with E-state index in [1.165, 1.54) is 17.6 Å². The van der Waals surface area contributed by atoms with Crippen LogP contribution in [0.25, 0.3) is 0 Å². The van der Waals surface area contributed by atoms with Gasteiger partial charge in [-0.1, -0.05) is 6.07 Å². The van der Waals surface area contributed by atoms with Gasteiger partial charge in [0.05, 0.1) is 10.6 Å². The Bertz CT molecular complexity index is 439. The summed E-state index contributed by atoms with van der Waals surface area (Å²) in [6.45, 7) is 1.80. The van der Waals surface area contributed by atoms with Crippen molar-refractivity contribution in [3.8, 4) is 0 Å². The lowest BCUT2D eigenvalue weighted by atomic mass is 10.2. The van der Waals surface area contributed by atoms with Crippen molar-refractivity contribution in [2.75, 3.05) is 12.0 Å². The van der Waals surface area contributed by atoms with Gasteiger partial charge in [-0.3, -0.25) is 4.79 Å². The largest absolute Gasteiger partial charge is 0.349 e. The SMILES string of the molecule is C[C@@H](CCS(C)(=O)=O)NC(=O)c1cccs1.S. The number of hydrogen-bond acceptors (Lipinski definition) is 4. The molecular weight excluding hydrogens is 278 g/mol. The van der Waals surface area contributed by atoms with Gasteiger partial charge in [0.1, 0.15) is 9.84 Å². The van der Waals surface area contributed by atoms with Crippen molar-refractivity contribution < 1.29 is 13.2 Å². The molecule has 0 aliphatic carbocycles. The number of rotatable bonds is 5. The molecule has 0 saturated heterocycles. The van der Waals surface area contributed by atoms with Gasteiger partial charge in [-0.2, -0.15) is 13.5 Å². The molecule has 0 spiro atoms. The maximum absolute atomic E-state index is 11.6. The van der Waals surface area contributed by atoms with E-state index in [1.54, 1.807) is 19.1 Å². The number of carbonyl (C=O) groups excluding carboxylic acids is 1. The van der Waals surface area contributed by atoms with E-state index < -0.39 is 9.84 Å². The minimum Gasteiger partial charge on any atom is -0.349 e. The Kier molecular flexibility index (Phi) is 6.81. The van der Waals surface area contributed by atoms with Crippen molar-refractivity contribution in [3.05, 3.63) is 22.4 Å². The van der Waals surface area contributed by atoms with Gasteiger partial charge in [-0.15, -0.1) is 11.3 Å². The van der Waals surface area contributed by atoms with E-state index in [0.29, 0.717) is 11.3 Å². The van der Waals surface area contributed by atoms with E-state index in [-0.39, 0.29) is 31.2 Å². The summed E-state index contributed by atoms with van der Waals surface area (Å²) in [7, 11) is -2.96. The second-order valence-electron chi connectivity index (χ2n) is 3.77. The molecule has 1 rings (SSSR count). The van der Waals surface area contributed by atoms with Crippen LogP contribution >= 0.6 is 24.8 Å². The average Bonchev–Trinajstić information content (AvgIpc) is 2.66. The molecule has 0 aliphatic heterocycles. The fraction of sp³-hybridized carbons (Fsp3) is 0.500. The third kappa shape index (κ3) is 6.70. The Balaban J connectivity index is 0.00000256. The van der Waals surface area contributed by atoms with E-state index in [2.05, 4.69) is 5.32 Å². The molecule has 1 aromatic heterocycles. The maximum atomic E-state index is 11.6. The molecule has 17 heavy (non-hydrogen) atoms. The van der Waals surface area contributed by atoms with Gasteiger partial charge >= 0.3 is 0 Å². The van der Waals surface area contributed by atoms with Crippen LogP contribution in [0.2, 0.25) is 0 Å². The number of nitrogens with one attached hydrogen (secondary N) is 1. The maximum Gasteiger partial charge on any atom is 0.261 e. The Morgan fingerprint density at radius 2 is 2.18 bits per heavy atom. The number of thiophene rings is 1. The normalized spacial score (nSPS) is 12.6. The Morgan fingerprint density at radius 1 is 1.53 bits per heavy atom. The lowest BCUT2D eigenvalue weighted by molar-refractivity contribution is 0.0943. The highest BCUT2D eigenvalue weighted by Crippen LogP contribution is 2.08. The second kappa shape index (κ2) is 7.03. The first-order chi connectivity index (χ1) is 7.38. The number of sulfone groups is 1. The lowest BCUT2D eigenvalue weighted by Crippen LogP contribution is -2.33. The highest BCUT2D eigenvalue weighted by Gasteiger charge is 2.12. The predicted molar refractivity (Wildman–Crippen MR) is 76.0 cm³/mol. The standard InChI is InChI=1S/C10H15NO3S2.H2S/c1-8(5-7-16(2,13)14)11-10(12)9-4-3-6-15-9;/h3-4,6,8H,5,7H2,1-2H3,(H,11,12);1H2/t8-;/m0./s1. The minimum absolute atomic E-state index is 0. The first-order valence-corrected chi connectivity index (χ1v) is 7.84. The summed E-state index contributed by atoms with van der Waals surface area (Å²) in [5.41, 5.74) is 0. The molecule has 0 aliphatic rings. The highest BCUT2D eigenvalue weighted by atomic mass is 32.2. The van der Waals surface area contributed by atoms with E-state index in [0.717, 1.165) is 0 Å². The van der Waals surface area contributed by atoms with Crippen LogP contribution in [-0.2, 0) is 9.84 Å². The minimum atomic E-state index is -2.96. The molecule has 1 N–H and O–H groups in total. The summed E-state index contributed by atoms with van der Waals surface area (Å²) in [5, 5.41) is 4.59. The predicted octanol–water partition coefficient (Wildman–Crippen LogP) is 1.41. The third-order valence-electron chi connectivity index (χ3n) is 2.04. The van der Waals surface area contributed by atoms with Gasteiger partial charge in [-0.05, 0) is 24.8 Å².